The van der Waals surface area contributed by atoms with Gasteiger partial charge in [-0.2, -0.15) is 0 Å². The van der Waals surface area contributed by atoms with Crippen LogP contribution in [0.5, 0.6) is 11.5 Å². The molecule has 1 fully saturated rings. The van der Waals surface area contributed by atoms with E-state index < -0.39 is 0 Å². The number of nitrogens with zero attached hydrogens (tertiary/aromatic N) is 1. The topological polar surface area (TPSA) is 48.0 Å². The van der Waals surface area contributed by atoms with Gasteiger partial charge in [-0.15, -0.1) is 0 Å². The van der Waals surface area contributed by atoms with Gasteiger partial charge in [0.1, 0.15) is 0 Å². The van der Waals surface area contributed by atoms with Crippen LogP contribution in [0.15, 0.2) is 42.5 Å². The van der Waals surface area contributed by atoms with E-state index >= 15 is 0 Å². The molecule has 1 heterocycles. The molecule has 138 valence electrons. The number of benzene rings is 2. The number of rotatable bonds is 6. The fourth-order valence-corrected chi connectivity index (χ4v) is 3.18. The molecule has 0 aromatic heterocycles. The van der Waals surface area contributed by atoms with Gasteiger partial charge in [0.15, 0.2) is 17.3 Å². The summed E-state index contributed by atoms with van der Waals surface area (Å²) in [5, 5.41) is 0. The number of methoxy groups -OCH3 is 2. The molecule has 1 unspecified atom stereocenters. The summed E-state index contributed by atoms with van der Waals surface area (Å²) in [5.74, 6) is 1.12. The second kappa shape index (κ2) is 8.23. The van der Waals surface area contributed by atoms with Crippen molar-refractivity contribution in [3.05, 3.63) is 53.6 Å². The molecule has 0 saturated carbocycles. The highest BCUT2D eigenvalue weighted by Crippen LogP contribution is 2.32. The van der Waals surface area contributed by atoms with Crippen LogP contribution in [-0.2, 0) is 4.74 Å². The smallest absolute Gasteiger partial charge is 0.170 e. The van der Waals surface area contributed by atoms with E-state index in [1.165, 1.54) is 0 Å². The number of carbonyl (C=O) groups excluding carboxylic acids is 1. The minimum absolute atomic E-state index is 0.0887. The number of anilines is 1. The van der Waals surface area contributed by atoms with Crippen molar-refractivity contribution < 1.29 is 19.0 Å². The molecule has 2 aromatic carbocycles. The van der Waals surface area contributed by atoms with Gasteiger partial charge in [-0.25, -0.2) is 0 Å². The lowest BCUT2D eigenvalue weighted by Gasteiger charge is -2.29. The summed E-state index contributed by atoms with van der Waals surface area (Å²) in [4.78, 5) is 15.2. The van der Waals surface area contributed by atoms with Crippen LogP contribution in [0.2, 0.25) is 0 Å². The van der Waals surface area contributed by atoms with Gasteiger partial charge in [0.05, 0.1) is 27.4 Å². The van der Waals surface area contributed by atoms with Gasteiger partial charge in [-0.1, -0.05) is 13.0 Å². The van der Waals surface area contributed by atoms with Gasteiger partial charge in [0.25, 0.3) is 0 Å². The Morgan fingerprint density at radius 2 is 1.65 bits per heavy atom. The summed E-state index contributed by atoms with van der Waals surface area (Å²) in [6.45, 7) is 5.18. The van der Waals surface area contributed by atoms with Crippen molar-refractivity contribution in [3.8, 4) is 11.5 Å². The first kappa shape index (κ1) is 18.3. The third-order valence-electron chi connectivity index (χ3n) is 4.83. The van der Waals surface area contributed by atoms with Crippen molar-refractivity contribution >= 4 is 11.5 Å². The molecule has 0 N–H and O–H groups in total. The molecule has 26 heavy (non-hydrogen) atoms. The number of ether oxygens (including phenoxy) is 3. The van der Waals surface area contributed by atoms with Gasteiger partial charge in [-0.3, -0.25) is 4.79 Å². The molecule has 0 radical (unpaired) electrons. The predicted molar refractivity (Wildman–Crippen MR) is 102 cm³/mol. The SMILES string of the molecule is COc1ccc(C(C)C(=O)c2ccc(N3CCOCC3)cc2)cc1OC. The molecular weight excluding hydrogens is 330 g/mol. The van der Waals surface area contributed by atoms with Crippen LogP contribution in [0.25, 0.3) is 0 Å². The van der Waals surface area contributed by atoms with E-state index in [1.807, 2.05) is 49.4 Å². The molecule has 0 amide bonds. The first-order chi connectivity index (χ1) is 12.6. The van der Waals surface area contributed by atoms with Gasteiger partial charge < -0.3 is 19.1 Å². The third-order valence-corrected chi connectivity index (χ3v) is 4.83. The zero-order valence-electron chi connectivity index (χ0n) is 15.5. The molecule has 0 aliphatic carbocycles. The second-order valence-electron chi connectivity index (χ2n) is 6.35. The first-order valence-corrected chi connectivity index (χ1v) is 8.83. The zero-order chi connectivity index (χ0) is 18.5. The molecule has 1 aliphatic rings. The summed E-state index contributed by atoms with van der Waals surface area (Å²) in [6.07, 6.45) is 0. The Morgan fingerprint density at radius 3 is 2.27 bits per heavy atom. The number of ketones is 1. The van der Waals surface area contributed by atoms with Crippen LogP contribution in [0, 0.1) is 0 Å². The Hall–Kier alpha value is -2.53. The summed E-state index contributed by atoms with van der Waals surface area (Å²) >= 11 is 0. The number of carbonyl (C=O) groups is 1. The molecule has 1 aliphatic heterocycles. The average Bonchev–Trinajstić information content (AvgIpc) is 2.73. The molecule has 0 spiro atoms. The normalized spacial score (nSPS) is 15.4. The van der Waals surface area contributed by atoms with Crippen LogP contribution in [-0.4, -0.2) is 46.3 Å². The molecule has 3 rings (SSSR count). The Morgan fingerprint density at radius 1 is 1.00 bits per heavy atom. The van der Waals surface area contributed by atoms with Crippen molar-refractivity contribution in [1.29, 1.82) is 0 Å². The van der Waals surface area contributed by atoms with Crippen molar-refractivity contribution in [2.24, 2.45) is 0 Å². The van der Waals surface area contributed by atoms with E-state index in [-0.39, 0.29) is 11.7 Å². The van der Waals surface area contributed by atoms with Gasteiger partial charge >= 0.3 is 0 Å². The van der Waals surface area contributed by atoms with E-state index in [0.29, 0.717) is 17.1 Å². The zero-order valence-corrected chi connectivity index (χ0v) is 15.5. The average molecular weight is 355 g/mol. The molecule has 2 aromatic rings. The van der Waals surface area contributed by atoms with E-state index in [1.54, 1.807) is 14.2 Å². The van der Waals surface area contributed by atoms with Crippen molar-refractivity contribution in [3.63, 3.8) is 0 Å². The minimum atomic E-state index is -0.260. The van der Waals surface area contributed by atoms with Crippen LogP contribution in [0.4, 0.5) is 5.69 Å². The maximum absolute atomic E-state index is 12.9. The molecule has 0 bridgehead atoms. The van der Waals surface area contributed by atoms with Crippen LogP contribution >= 0.6 is 0 Å². The fourth-order valence-electron chi connectivity index (χ4n) is 3.18. The fraction of sp³-hybridized carbons (Fsp3) is 0.381. The lowest BCUT2D eigenvalue weighted by atomic mass is 9.92. The Bertz CT molecular complexity index is 751. The number of morpholine rings is 1. The standard InChI is InChI=1S/C21H25NO4/c1-15(17-6-9-19(24-2)20(14-17)25-3)21(23)16-4-7-18(8-5-16)22-10-12-26-13-11-22/h4-9,14-15H,10-13H2,1-3H3. The monoisotopic (exact) mass is 355 g/mol. The number of Topliss-reactive ketones (excluding diaryl/α,β-unsaturated/α-hetero) is 1. The minimum Gasteiger partial charge on any atom is -0.493 e. The highest BCUT2D eigenvalue weighted by molar-refractivity contribution is 6.01. The van der Waals surface area contributed by atoms with Crippen LogP contribution in [0.3, 0.4) is 0 Å². The highest BCUT2D eigenvalue weighted by Gasteiger charge is 2.19. The van der Waals surface area contributed by atoms with Crippen LogP contribution < -0.4 is 14.4 Å². The summed E-state index contributed by atoms with van der Waals surface area (Å²) in [7, 11) is 3.20. The Balaban J connectivity index is 1.75. The maximum Gasteiger partial charge on any atom is 0.170 e. The molecule has 1 atom stereocenters. The quantitative estimate of drug-likeness (QED) is 0.742. The Labute approximate surface area is 154 Å². The van der Waals surface area contributed by atoms with Crippen molar-refractivity contribution in [2.45, 2.75) is 12.8 Å². The van der Waals surface area contributed by atoms with E-state index in [0.717, 1.165) is 37.6 Å². The van der Waals surface area contributed by atoms with Crippen LogP contribution in [0.1, 0.15) is 28.8 Å². The van der Waals surface area contributed by atoms with E-state index in [9.17, 15) is 4.79 Å². The molecule has 5 nitrogen and oxygen atoms in total. The van der Waals surface area contributed by atoms with Crippen molar-refractivity contribution in [2.75, 3.05) is 45.4 Å². The van der Waals surface area contributed by atoms with E-state index in [4.69, 9.17) is 14.2 Å². The number of hydrogen-bond acceptors (Lipinski definition) is 5. The maximum atomic E-state index is 12.9. The lowest BCUT2D eigenvalue weighted by molar-refractivity contribution is 0.0966. The lowest BCUT2D eigenvalue weighted by Crippen LogP contribution is -2.36. The van der Waals surface area contributed by atoms with Crippen molar-refractivity contribution in [1.82, 2.24) is 0 Å². The summed E-state index contributed by atoms with van der Waals surface area (Å²) < 4.78 is 16.0. The van der Waals surface area contributed by atoms with Gasteiger partial charge in [-0.05, 0) is 42.0 Å². The summed E-state index contributed by atoms with van der Waals surface area (Å²) in [5.41, 5.74) is 2.75. The largest absolute Gasteiger partial charge is 0.493 e. The van der Waals surface area contributed by atoms with E-state index in [2.05, 4.69) is 4.90 Å². The Kier molecular flexibility index (Phi) is 5.78. The summed E-state index contributed by atoms with van der Waals surface area (Å²) in [6, 6.07) is 13.4. The third kappa shape index (κ3) is 3.83. The highest BCUT2D eigenvalue weighted by atomic mass is 16.5. The molecule has 5 heteroatoms. The molecule has 1 saturated heterocycles. The second-order valence-corrected chi connectivity index (χ2v) is 6.35. The first-order valence-electron chi connectivity index (χ1n) is 8.83. The predicted octanol–water partition coefficient (Wildman–Crippen LogP) is 3.53. The van der Waals surface area contributed by atoms with Gasteiger partial charge in [0, 0.05) is 30.3 Å². The molecular formula is C21H25NO4. The van der Waals surface area contributed by atoms with Gasteiger partial charge in [0.2, 0.25) is 0 Å². The number of hydrogen-bond donors (Lipinski definition) is 0.